The molecule has 0 aromatic heterocycles. The average Bonchev–Trinajstić information content (AvgIpc) is 2.05. The number of halogens is 2. The van der Waals surface area contributed by atoms with Crippen LogP contribution in [0.5, 0.6) is 0 Å². The molecule has 0 saturated carbocycles. The van der Waals surface area contributed by atoms with E-state index in [9.17, 15) is 0 Å². The Morgan fingerprint density at radius 2 is 1.50 bits per heavy atom. The van der Waals surface area contributed by atoms with Crippen molar-refractivity contribution in [1.29, 1.82) is 5.26 Å². The molecule has 72 valence electrons. The second-order valence-corrected chi connectivity index (χ2v) is 4.04. The van der Waals surface area contributed by atoms with Gasteiger partial charge in [-0.15, -0.1) is 0 Å². The van der Waals surface area contributed by atoms with Gasteiger partial charge in [0, 0.05) is 6.92 Å². The summed E-state index contributed by atoms with van der Waals surface area (Å²) >= 11 is 6.73. The molecule has 12 heavy (non-hydrogen) atoms. The highest BCUT2D eigenvalue weighted by Gasteiger charge is 2.05. The molecular formula is C8H15Br2NO. The summed E-state index contributed by atoms with van der Waals surface area (Å²) in [6.07, 6.45) is 2.00. The molecule has 0 bridgehead atoms. The number of hydrogen-bond acceptors (Lipinski definition) is 2. The second kappa shape index (κ2) is 11.4. The Kier molecular flexibility index (Phi) is 14.2. The smallest absolute Gasteiger partial charge is 0.113 e. The number of nitrogens with zero attached hydrogens (tertiary/aromatic N) is 1. The molecular weight excluding hydrogens is 286 g/mol. The third-order valence-electron chi connectivity index (χ3n) is 0.937. The molecule has 2 atom stereocenters. The highest BCUT2D eigenvalue weighted by molar-refractivity contribution is 9.10. The minimum Gasteiger partial charge on any atom is -0.353 e. The van der Waals surface area contributed by atoms with E-state index in [2.05, 4.69) is 45.7 Å². The van der Waals surface area contributed by atoms with Crippen molar-refractivity contribution >= 4 is 31.9 Å². The summed E-state index contributed by atoms with van der Waals surface area (Å²) in [4.78, 5) is 0. The standard InChI is InChI=1S/C6H12Br2O.C2H3N/c1-3-5(7)9-6(8)4-2;1-2-3/h5-6H,3-4H2,1-2H3;1H3. The molecule has 0 amide bonds. The van der Waals surface area contributed by atoms with Gasteiger partial charge in [0.25, 0.3) is 0 Å². The highest BCUT2D eigenvalue weighted by atomic mass is 79.9. The molecule has 2 nitrogen and oxygen atoms in total. The Bertz CT molecular complexity index is 117. The van der Waals surface area contributed by atoms with Crippen LogP contribution in [0.4, 0.5) is 0 Å². The lowest BCUT2D eigenvalue weighted by molar-refractivity contribution is 0.0960. The van der Waals surface area contributed by atoms with Gasteiger partial charge < -0.3 is 4.74 Å². The Balaban J connectivity index is 0. The third kappa shape index (κ3) is 13.0. The van der Waals surface area contributed by atoms with Gasteiger partial charge in [-0.1, -0.05) is 45.7 Å². The van der Waals surface area contributed by atoms with Crippen molar-refractivity contribution in [2.45, 2.75) is 43.6 Å². The van der Waals surface area contributed by atoms with Crippen LogP contribution in [0.15, 0.2) is 0 Å². The first kappa shape index (κ1) is 14.9. The van der Waals surface area contributed by atoms with Crippen molar-refractivity contribution in [3.63, 3.8) is 0 Å². The molecule has 0 fully saturated rings. The quantitative estimate of drug-likeness (QED) is 0.740. The largest absolute Gasteiger partial charge is 0.353 e. The lowest BCUT2D eigenvalue weighted by Crippen LogP contribution is -2.09. The molecule has 0 radical (unpaired) electrons. The van der Waals surface area contributed by atoms with E-state index in [-0.39, 0.29) is 10.0 Å². The van der Waals surface area contributed by atoms with E-state index in [0.29, 0.717) is 0 Å². The highest BCUT2D eigenvalue weighted by Crippen LogP contribution is 2.15. The van der Waals surface area contributed by atoms with Crippen molar-refractivity contribution in [3.8, 4) is 6.07 Å². The lowest BCUT2D eigenvalue weighted by Gasteiger charge is -2.12. The molecule has 0 spiro atoms. The van der Waals surface area contributed by atoms with Gasteiger partial charge in [-0.3, -0.25) is 0 Å². The van der Waals surface area contributed by atoms with Crippen molar-refractivity contribution in [3.05, 3.63) is 0 Å². The predicted octanol–water partition coefficient (Wildman–Crippen LogP) is 3.79. The zero-order valence-corrected chi connectivity index (χ0v) is 10.9. The number of hydrogen-bond donors (Lipinski definition) is 0. The van der Waals surface area contributed by atoms with Gasteiger partial charge in [0.2, 0.25) is 0 Å². The van der Waals surface area contributed by atoms with Crippen LogP contribution >= 0.6 is 31.9 Å². The van der Waals surface area contributed by atoms with Gasteiger partial charge in [0.05, 0.1) is 6.07 Å². The summed E-state index contributed by atoms with van der Waals surface area (Å²) in [7, 11) is 0. The van der Waals surface area contributed by atoms with Crippen LogP contribution in [-0.2, 0) is 4.74 Å². The van der Waals surface area contributed by atoms with Crippen LogP contribution in [0.1, 0.15) is 33.6 Å². The predicted molar refractivity (Wildman–Crippen MR) is 58.4 cm³/mol. The van der Waals surface area contributed by atoms with Crippen LogP contribution in [-0.4, -0.2) is 10.0 Å². The summed E-state index contributed by atoms with van der Waals surface area (Å²) in [6, 6.07) is 1.75. The zero-order chi connectivity index (χ0) is 9.98. The fourth-order valence-corrected chi connectivity index (χ4v) is 1.16. The fraction of sp³-hybridized carbons (Fsp3) is 0.875. The zero-order valence-electron chi connectivity index (χ0n) is 7.68. The molecule has 0 rings (SSSR count). The van der Waals surface area contributed by atoms with Gasteiger partial charge in [-0.2, -0.15) is 5.26 Å². The maximum absolute atomic E-state index is 7.32. The van der Waals surface area contributed by atoms with E-state index in [0.717, 1.165) is 12.8 Å². The Hall–Kier alpha value is 0.410. The molecule has 0 aromatic carbocycles. The lowest BCUT2D eigenvalue weighted by atomic mass is 10.5. The summed E-state index contributed by atoms with van der Waals surface area (Å²) in [5.74, 6) is 0. The van der Waals surface area contributed by atoms with Gasteiger partial charge in [0.15, 0.2) is 0 Å². The SMILES string of the molecule is CC#N.CCC(Br)OC(Br)CC. The van der Waals surface area contributed by atoms with E-state index in [4.69, 9.17) is 10.00 Å². The van der Waals surface area contributed by atoms with Gasteiger partial charge in [-0.05, 0) is 12.8 Å². The molecule has 0 aromatic rings. The number of ether oxygens (including phenoxy) is 1. The van der Waals surface area contributed by atoms with Gasteiger partial charge in [-0.25, -0.2) is 0 Å². The summed E-state index contributed by atoms with van der Waals surface area (Å²) in [5.41, 5.74) is 0. The van der Waals surface area contributed by atoms with Crippen LogP contribution in [0.2, 0.25) is 0 Å². The second-order valence-electron chi connectivity index (χ2n) is 2.00. The minimum absolute atomic E-state index is 0.196. The summed E-state index contributed by atoms with van der Waals surface area (Å²) in [6.45, 7) is 5.59. The summed E-state index contributed by atoms with van der Waals surface area (Å²) < 4.78 is 5.38. The summed E-state index contributed by atoms with van der Waals surface area (Å²) in [5, 5.41) is 7.71. The maximum Gasteiger partial charge on any atom is 0.113 e. The first-order valence-corrected chi connectivity index (χ1v) is 5.69. The molecule has 0 aliphatic rings. The Morgan fingerprint density at radius 1 is 1.25 bits per heavy atom. The Labute approximate surface area is 91.5 Å². The van der Waals surface area contributed by atoms with E-state index in [1.165, 1.54) is 6.92 Å². The van der Waals surface area contributed by atoms with Crippen LogP contribution < -0.4 is 0 Å². The third-order valence-corrected chi connectivity index (χ3v) is 2.66. The van der Waals surface area contributed by atoms with E-state index in [1.54, 1.807) is 6.07 Å². The molecule has 2 unspecified atom stereocenters. The molecule has 0 saturated heterocycles. The number of rotatable bonds is 4. The molecule has 0 N–H and O–H groups in total. The molecule has 0 aliphatic heterocycles. The van der Waals surface area contributed by atoms with Crippen molar-refractivity contribution < 1.29 is 4.74 Å². The van der Waals surface area contributed by atoms with Crippen LogP contribution in [0.3, 0.4) is 0 Å². The van der Waals surface area contributed by atoms with Gasteiger partial charge >= 0.3 is 0 Å². The van der Waals surface area contributed by atoms with E-state index in [1.807, 2.05) is 0 Å². The molecule has 0 heterocycles. The monoisotopic (exact) mass is 299 g/mol. The average molecular weight is 301 g/mol. The van der Waals surface area contributed by atoms with Crippen molar-refractivity contribution in [2.75, 3.05) is 0 Å². The van der Waals surface area contributed by atoms with Crippen LogP contribution in [0, 0.1) is 11.3 Å². The topological polar surface area (TPSA) is 33.0 Å². The Morgan fingerprint density at radius 3 is 1.67 bits per heavy atom. The first-order valence-electron chi connectivity index (χ1n) is 3.86. The molecule has 4 heteroatoms. The normalized spacial score (nSPS) is 13.7. The van der Waals surface area contributed by atoms with Crippen molar-refractivity contribution in [1.82, 2.24) is 0 Å². The van der Waals surface area contributed by atoms with Gasteiger partial charge in [0.1, 0.15) is 10.0 Å². The minimum atomic E-state index is 0.196. The van der Waals surface area contributed by atoms with E-state index < -0.39 is 0 Å². The number of alkyl halides is 2. The first-order chi connectivity index (χ1) is 5.62. The molecule has 0 aliphatic carbocycles. The number of nitriles is 1. The maximum atomic E-state index is 7.32. The van der Waals surface area contributed by atoms with Crippen LogP contribution in [0.25, 0.3) is 0 Å². The van der Waals surface area contributed by atoms with E-state index >= 15 is 0 Å². The fourth-order valence-electron chi connectivity index (χ4n) is 0.353. The van der Waals surface area contributed by atoms with Crippen molar-refractivity contribution in [2.24, 2.45) is 0 Å².